The van der Waals surface area contributed by atoms with Gasteiger partial charge in [-0.15, -0.1) is 16.4 Å². The summed E-state index contributed by atoms with van der Waals surface area (Å²) in [4.78, 5) is 14.3. The molecule has 0 unspecified atom stereocenters. The monoisotopic (exact) mass is 418 g/mol. The molecule has 0 atom stereocenters. The van der Waals surface area contributed by atoms with Crippen LogP contribution in [-0.4, -0.2) is 32.8 Å². The molecule has 0 bridgehead atoms. The highest BCUT2D eigenvalue weighted by atomic mass is 35.5. The van der Waals surface area contributed by atoms with Gasteiger partial charge in [0.05, 0.1) is 16.6 Å². The lowest BCUT2D eigenvalue weighted by molar-refractivity contribution is -0.143. The van der Waals surface area contributed by atoms with Crippen LogP contribution in [-0.2, 0) is 12.7 Å². The van der Waals surface area contributed by atoms with Crippen LogP contribution >= 0.6 is 22.9 Å². The number of nitrogens with zero attached hydrogens (tertiary/aromatic N) is 4. The fraction of sp³-hybridized carbons (Fsp3) is 0.188. The highest BCUT2D eigenvalue weighted by Gasteiger charge is 2.42. The number of hydrogen-bond donors (Lipinski definition) is 0. The van der Waals surface area contributed by atoms with Crippen LogP contribution in [0.1, 0.15) is 21.1 Å². The molecule has 1 aromatic carbocycles. The Labute approximate surface area is 159 Å². The summed E-state index contributed by atoms with van der Waals surface area (Å²) >= 11 is 7.03. The Bertz CT molecular complexity index is 985. The van der Waals surface area contributed by atoms with Gasteiger partial charge in [0, 0.05) is 11.9 Å². The zero-order valence-corrected chi connectivity index (χ0v) is 15.2. The van der Waals surface area contributed by atoms with E-state index in [0.29, 0.717) is 13.9 Å². The number of carbonyl (C=O) groups is 1. The van der Waals surface area contributed by atoms with Crippen LogP contribution in [0, 0.1) is 5.82 Å². The summed E-state index contributed by atoms with van der Waals surface area (Å²) in [5.41, 5.74) is -2.42. The van der Waals surface area contributed by atoms with Crippen molar-refractivity contribution in [1.29, 1.82) is 0 Å². The van der Waals surface area contributed by atoms with Gasteiger partial charge in [0.25, 0.3) is 5.91 Å². The number of alkyl halides is 3. The van der Waals surface area contributed by atoms with Crippen LogP contribution in [0.15, 0.2) is 36.4 Å². The second-order valence-electron chi connectivity index (χ2n) is 5.54. The molecule has 11 heteroatoms. The first-order chi connectivity index (χ1) is 12.7. The summed E-state index contributed by atoms with van der Waals surface area (Å²) in [7, 11) is 1.34. The third kappa shape index (κ3) is 4.11. The Morgan fingerprint density at radius 3 is 2.63 bits per heavy atom. The summed E-state index contributed by atoms with van der Waals surface area (Å²) in [6.45, 7) is 0.0559. The smallest absolute Gasteiger partial charge is 0.335 e. The molecule has 3 rings (SSSR count). The molecule has 2 aromatic heterocycles. The lowest BCUT2D eigenvalue weighted by atomic mass is 10.2. The highest BCUT2D eigenvalue weighted by molar-refractivity contribution is 7.16. The zero-order chi connectivity index (χ0) is 19.8. The van der Waals surface area contributed by atoms with Gasteiger partial charge >= 0.3 is 6.18 Å². The van der Waals surface area contributed by atoms with E-state index in [2.05, 4.69) is 10.3 Å². The number of amides is 1. The molecule has 1 amide bonds. The SMILES string of the molecule is CN(Cc1ccc(Cl)s1)C(=O)c1nnn(-c2cccc(F)c2)c1C(F)(F)F. The summed E-state index contributed by atoms with van der Waals surface area (Å²) in [6.07, 6.45) is -4.92. The van der Waals surface area contributed by atoms with Gasteiger partial charge in [0.1, 0.15) is 5.82 Å². The molecule has 0 radical (unpaired) electrons. The quantitative estimate of drug-likeness (QED) is 0.590. The number of thiophene rings is 1. The van der Waals surface area contributed by atoms with Crippen molar-refractivity contribution in [3.63, 3.8) is 0 Å². The number of benzene rings is 1. The van der Waals surface area contributed by atoms with Crippen molar-refractivity contribution in [2.24, 2.45) is 0 Å². The van der Waals surface area contributed by atoms with Gasteiger partial charge in [-0.25, -0.2) is 9.07 Å². The minimum absolute atomic E-state index is 0.0559. The maximum Gasteiger partial charge on any atom is 0.435 e. The number of aromatic nitrogens is 3. The minimum Gasteiger partial charge on any atom is -0.335 e. The van der Waals surface area contributed by atoms with Crippen molar-refractivity contribution >= 4 is 28.8 Å². The van der Waals surface area contributed by atoms with Crippen LogP contribution in [0.25, 0.3) is 5.69 Å². The van der Waals surface area contributed by atoms with Gasteiger partial charge in [-0.05, 0) is 30.3 Å². The topological polar surface area (TPSA) is 51.0 Å². The molecule has 0 aliphatic rings. The minimum atomic E-state index is -4.92. The van der Waals surface area contributed by atoms with E-state index in [1.54, 1.807) is 12.1 Å². The highest BCUT2D eigenvalue weighted by Crippen LogP contribution is 2.33. The molecule has 27 heavy (non-hydrogen) atoms. The van der Waals surface area contributed by atoms with Gasteiger partial charge in [-0.3, -0.25) is 4.79 Å². The van der Waals surface area contributed by atoms with Crippen LogP contribution in [0.3, 0.4) is 0 Å². The third-order valence-corrected chi connectivity index (χ3v) is 4.78. The zero-order valence-electron chi connectivity index (χ0n) is 13.7. The summed E-state index contributed by atoms with van der Waals surface area (Å²) in [6, 6.07) is 7.72. The molecular formula is C16H11ClF4N4OS. The molecule has 0 aliphatic heterocycles. The van der Waals surface area contributed by atoms with Crippen molar-refractivity contribution in [2.45, 2.75) is 12.7 Å². The van der Waals surface area contributed by atoms with Crippen LogP contribution in [0.2, 0.25) is 4.34 Å². The molecule has 0 N–H and O–H groups in total. The van der Waals surface area contributed by atoms with E-state index in [1.807, 2.05) is 0 Å². The summed E-state index contributed by atoms with van der Waals surface area (Å²) in [5, 5.41) is 6.84. The van der Waals surface area contributed by atoms with Gasteiger partial charge in [-0.2, -0.15) is 13.2 Å². The van der Waals surface area contributed by atoms with Crippen molar-refractivity contribution in [3.8, 4) is 5.69 Å². The van der Waals surface area contributed by atoms with E-state index in [1.165, 1.54) is 30.5 Å². The maximum absolute atomic E-state index is 13.6. The Kier molecular flexibility index (Phi) is 5.20. The van der Waals surface area contributed by atoms with Crippen molar-refractivity contribution < 1.29 is 22.4 Å². The average molecular weight is 419 g/mol. The Hall–Kier alpha value is -2.46. The average Bonchev–Trinajstić information content (AvgIpc) is 3.20. The second kappa shape index (κ2) is 7.28. The molecule has 142 valence electrons. The first kappa shape index (κ1) is 19.3. The number of carbonyl (C=O) groups excluding carboxylic acids is 1. The van der Waals surface area contributed by atoms with E-state index >= 15 is 0 Å². The predicted octanol–water partition coefficient (Wildman–Crippen LogP) is 4.41. The number of halogens is 5. The van der Waals surface area contributed by atoms with E-state index in [4.69, 9.17) is 11.6 Å². The third-order valence-electron chi connectivity index (χ3n) is 3.56. The molecule has 0 aliphatic carbocycles. The maximum atomic E-state index is 13.6. The lowest BCUT2D eigenvalue weighted by Crippen LogP contribution is -2.29. The summed E-state index contributed by atoms with van der Waals surface area (Å²) in [5.74, 6) is -1.70. The van der Waals surface area contributed by atoms with Gasteiger partial charge in [0.2, 0.25) is 0 Å². The lowest BCUT2D eigenvalue weighted by Gasteiger charge is -2.16. The standard InChI is InChI=1S/C16H11ClF4N4OS/c1-24(8-11-5-6-12(17)27-11)15(26)13-14(16(19,20)21)25(23-22-13)10-4-2-3-9(18)7-10/h2-7H,8H2,1H3. The van der Waals surface area contributed by atoms with E-state index in [9.17, 15) is 22.4 Å². The molecule has 0 spiro atoms. The Morgan fingerprint density at radius 2 is 2.04 bits per heavy atom. The predicted molar refractivity (Wildman–Crippen MR) is 91.4 cm³/mol. The van der Waals surface area contributed by atoms with Gasteiger partial charge in [-0.1, -0.05) is 22.9 Å². The summed E-state index contributed by atoms with van der Waals surface area (Å²) < 4.78 is 55.1. The Balaban J connectivity index is 1.98. The molecule has 5 nitrogen and oxygen atoms in total. The van der Waals surface area contributed by atoms with Crippen molar-refractivity contribution in [3.05, 3.63) is 62.8 Å². The first-order valence-electron chi connectivity index (χ1n) is 7.45. The Morgan fingerprint density at radius 1 is 1.30 bits per heavy atom. The molecule has 3 aromatic rings. The normalized spacial score (nSPS) is 11.6. The van der Waals surface area contributed by atoms with Crippen LogP contribution in [0.5, 0.6) is 0 Å². The molecular weight excluding hydrogens is 408 g/mol. The first-order valence-corrected chi connectivity index (χ1v) is 8.65. The molecule has 0 saturated heterocycles. The molecule has 0 saturated carbocycles. The second-order valence-corrected chi connectivity index (χ2v) is 7.34. The van der Waals surface area contributed by atoms with Gasteiger partial charge in [0.15, 0.2) is 11.4 Å². The van der Waals surface area contributed by atoms with Crippen LogP contribution in [0.4, 0.5) is 17.6 Å². The van der Waals surface area contributed by atoms with E-state index < -0.39 is 29.3 Å². The van der Waals surface area contributed by atoms with Crippen molar-refractivity contribution in [2.75, 3.05) is 7.05 Å². The molecule has 2 heterocycles. The van der Waals surface area contributed by atoms with Gasteiger partial charge < -0.3 is 4.90 Å². The fourth-order valence-electron chi connectivity index (χ4n) is 2.39. The van der Waals surface area contributed by atoms with E-state index in [0.717, 1.165) is 17.0 Å². The largest absolute Gasteiger partial charge is 0.435 e. The number of hydrogen-bond acceptors (Lipinski definition) is 4. The van der Waals surface area contributed by atoms with Crippen LogP contribution < -0.4 is 0 Å². The molecule has 0 fully saturated rings. The fourth-order valence-corrected chi connectivity index (χ4v) is 3.53. The van der Waals surface area contributed by atoms with E-state index in [-0.39, 0.29) is 12.2 Å². The number of rotatable bonds is 4. The van der Waals surface area contributed by atoms with Crippen molar-refractivity contribution in [1.82, 2.24) is 19.9 Å².